The average molecular weight is 1730 g/mol. The molecule has 0 aliphatic carbocycles. The predicted molar refractivity (Wildman–Crippen MR) is 413 cm³/mol. The second-order valence-electron chi connectivity index (χ2n) is 22.8. The molecule has 1 N–H and O–H groups in total. The Morgan fingerprint density at radius 1 is 0.373 bits per heavy atom. The lowest BCUT2D eigenvalue weighted by Gasteiger charge is -2.39. The van der Waals surface area contributed by atoms with Crippen molar-refractivity contribution in [3.8, 4) is 40.2 Å². The van der Waals surface area contributed by atoms with Crippen LogP contribution < -0.4 is 28.4 Å². The van der Waals surface area contributed by atoms with Gasteiger partial charge in [0.2, 0.25) is 37.7 Å². The first-order valence-electron chi connectivity index (χ1n) is 31.5. The summed E-state index contributed by atoms with van der Waals surface area (Å²) in [5.41, 5.74) is 9.95. The first-order valence-corrected chi connectivity index (χ1v) is 36.3. The Hall–Kier alpha value is -7.06. The molecule has 6 bridgehead atoms. The zero-order valence-corrected chi connectivity index (χ0v) is 63.1. The standard InChI is InChI=1S/C34H28Cl2O5.C14H6Cl2I2O3.C14H8Cl2O3.C10H12O.C7H5ClO2/c35-27-17-25(13-7-15-37-21-23-9-3-1-4-10-23)31-29(19-27)33-40-32-26(18-28(36)20-30(32)34(39-31)41-33)14-8-16-38-22-24-11-5-2-6-12-24;15-5-1-7-11(9(17)3-5)19-14-8-2-6(16)4-10(18)12(8)20-13(7)21-14;15-7-1-3-11-9(5-7)13-18-12-4-2-8(16)6-10(12)14(17-11)19-13;1-2-8-11-9-10-6-4-3-5-7-10;8-6-1-2-7(10)5(3-6)4-9/h1-14,17-20,33-34H,15-16,21-22H2;1-4,13-14H;1-6,13-14H;2-7H,1,8-9H2;1-4,10H. The summed E-state index contributed by atoms with van der Waals surface area (Å²) >= 11 is 47.1. The summed E-state index contributed by atoms with van der Waals surface area (Å²) in [6, 6.07) is 60.0. The minimum Gasteiger partial charge on any atom is -0.507 e. The van der Waals surface area contributed by atoms with Crippen LogP contribution >= 0.6 is 126 Å². The molecule has 0 saturated carbocycles. The molecule has 16 rings (SSSR count). The van der Waals surface area contributed by atoms with Crippen molar-refractivity contribution in [2.24, 2.45) is 0 Å². The Labute approximate surface area is 651 Å². The summed E-state index contributed by atoms with van der Waals surface area (Å²) in [6.45, 7) is 6.82. The Morgan fingerprint density at radius 2 is 0.696 bits per heavy atom. The minimum atomic E-state index is -0.681. The smallest absolute Gasteiger partial charge is 0.234 e. The molecule has 0 fully saturated rings. The van der Waals surface area contributed by atoms with Gasteiger partial charge in [-0.1, -0.05) is 203 Å². The van der Waals surface area contributed by atoms with Gasteiger partial charge in [-0.15, -0.1) is 6.58 Å². The summed E-state index contributed by atoms with van der Waals surface area (Å²) < 4.78 is 72.8. The number of aldehydes is 1. The van der Waals surface area contributed by atoms with E-state index < -0.39 is 37.7 Å². The molecule has 14 nitrogen and oxygen atoms in total. The van der Waals surface area contributed by atoms with Crippen molar-refractivity contribution < 1.29 is 66.7 Å². The molecule has 6 aliphatic heterocycles. The fourth-order valence-electron chi connectivity index (χ4n) is 10.9. The second kappa shape index (κ2) is 35.6. The molecule has 10 aromatic carbocycles. The number of phenolic OH excluding ortho intramolecular Hbond substituents is 1. The number of fused-ring (bicyclic) bond motifs is 18. The van der Waals surface area contributed by atoms with Crippen LogP contribution in [0.5, 0.6) is 40.2 Å². The molecule has 522 valence electrons. The molecule has 0 saturated heterocycles. The third-order valence-electron chi connectivity index (χ3n) is 15.6. The van der Waals surface area contributed by atoms with E-state index in [1.165, 1.54) is 23.8 Å². The highest BCUT2D eigenvalue weighted by Gasteiger charge is 2.42. The number of ether oxygens (including phenoxy) is 12. The molecule has 6 heterocycles. The average Bonchev–Trinajstić information content (AvgIpc) is 0.758. The maximum Gasteiger partial charge on any atom is 0.234 e. The number of carbonyl (C=O) groups is 1. The number of carbonyl (C=O) groups excluding carboxylic acids is 1. The molecular weight excluding hydrogens is 1670 g/mol. The molecule has 0 amide bonds. The van der Waals surface area contributed by atoms with Crippen LogP contribution in [0.4, 0.5) is 0 Å². The van der Waals surface area contributed by atoms with E-state index in [4.69, 9.17) is 143 Å². The van der Waals surface area contributed by atoms with Crippen LogP contribution in [0.1, 0.15) is 109 Å². The number of hydrogen-bond acceptors (Lipinski definition) is 14. The van der Waals surface area contributed by atoms with Crippen molar-refractivity contribution in [3.63, 3.8) is 0 Å². The molecule has 10 aromatic rings. The van der Waals surface area contributed by atoms with Gasteiger partial charge >= 0.3 is 0 Å². The monoisotopic (exact) mass is 1730 g/mol. The number of aromatic hydroxyl groups is 1. The van der Waals surface area contributed by atoms with Crippen LogP contribution in [0, 0.1) is 7.14 Å². The van der Waals surface area contributed by atoms with Crippen LogP contribution in [0.3, 0.4) is 0 Å². The van der Waals surface area contributed by atoms with Crippen LogP contribution in [0.25, 0.3) is 12.2 Å². The third-order valence-corrected chi connectivity index (χ3v) is 18.8. The lowest BCUT2D eigenvalue weighted by Crippen LogP contribution is -2.31. The van der Waals surface area contributed by atoms with Gasteiger partial charge in [0.05, 0.1) is 85.7 Å². The Balaban J connectivity index is 0.000000134. The van der Waals surface area contributed by atoms with Gasteiger partial charge in [0.1, 0.15) is 40.2 Å². The maximum atomic E-state index is 10.2. The van der Waals surface area contributed by atoms with Crippen molar-refractivity contribution in [1.82, 2.24) is 0 Å². The normalized spacial score (nSPS) is 17.6. The van der Waals surface area contributed by atoms with Crippen molar-refractivity contribution in [2.45, 2.75) is 57.6 Å². The van der Waals surface area contributed by atoms with Crippen LogP contribution in [0.15, 0.2) is 219 Å². The molecule has 6 unspecified atom stereocenters. The van der Waals surface area contributed by atoms with Gasteiger partial charge in [0.25, 0.3) is 0 Å². The van der Waals surface area contributed by atoms with Gasteiger partial charge in [-0.2, -0.15) is 0 Å². The van der Waals surface area contributed by atoms with Gasteiger partial charge in [-0.05, 0) is 165 Å². The summed E-state index contributed by atoms with van der Waals surface area (Å²) in [5, 5.41) is 13.0. The number of benzene rings is 10. The SMILES string of the molecule is C=CCOCc1ccccc1.Clc1cc(C=CCOCc2ccccc2)c2c(c1)C1Oc3c(C=CCOCc4ccccc4)cc(Cl)cc3C(O2)O1.Clc1cc(I)c2c(c1)C1Oc3c(I)cc(Cl)cc3C(O2)O1.Clc1ccc2c(c1)C1Oc3ccc(Cl)cc3C(O2)O1.O=Cc1cc(Cl)ccc1O. The van der Waals surface area contributed by atoms with E-state index in [0.717, 1.165) is 85.8 Å². The van der Waals surface area contributed by atoms with Crippen LogP contribution in [0.2, 0.25) is 35.2 Å². The van der Waals surface area contributed by atoms with E-state index in [0.29, 0.717) is 92.6 Å². The molecule has 0 spiro atoms. The Morgan fingerprint density at radius 3 is 1.08 bits per heavy atom. The number of hydrogen-bond donors (Lipinski definition) is 1. The zero-order chi connectivity index (χ0) is 71.2. The molecule has 0 radical (unpaired) electrons. The van der Waals surface area contributed by atoms with Gasteiger partial charge in [-0.3, -0.25) is 19.0 Å². The highest BCUT2D eigenvalue weighted by Crippen LogP contribution is 2.54. The number of rotatable bonds is 15. The summed E-state index contributed by atoms with van der Waals surface area (Å²) in [4.78, 5) is 10.2. The Kier molecular flexibility index (Phi) is 26.1. The van der Waals surface area contributed by atoms with Gasteiger partial charge < -0.3 is 47.7 Å². The van der Waals surface area contributed by atoms with Gasteiger partial charge in [0.15, 0.2) is 6.29 Å². The molecule has 0 aromatic heterocycles. The highest BCUT2D eigenvalue weighted by molar-refractivity contribution is 14.1. The van der Waals surface area contributed by atoms with Crippen molar-refractivity contribution in [1.29, 1.82) is 0 Å². The second-order valence-corrected chi connectivity index (χ2v) is 28.2. The van der Waals surface area contributed by atoms with Crippen LogP contribution in [-0.2, 0) is 48.2 Å². The quantitative estimate of drug-likeness (QED) is 0.0449. The highest BCUT2D eigenvalue weighted by atomic mass is 127. The van der Waals surface area contributed by atoms with Crippen molar-refractivity contribution in [3.05, 3.63) is 328 Å². The Bertz CT molecular complexity index is 4450. The topological polar surface area (TPSA) is 148 Å². The van der Waals surface area contributed by atoms with Crippen molar-refractivity contribution >= 4 is 145 Å². The minimum absolute atomic E-state index is 0.0422. The molecule has 6 aliphatic rings. The fourth-order valence-corrected chi connectivity index (χ4v) is 14.3. The molecule has 6 atom stereocenters. The molecule has 23 heteroatoms. The van der Waals surface area contributed by atoms with Gasteiger partial charge in [0, 0.05) is 46.3 Å². The maximum absolute atomic E-state index is 10.2. The van der Waals surface area contributed by atoms with Gasteiger partial charge in [-0.25, -0.2) is 0 Å². The summed E-state index contributed by atoms with van der Waals surface area (Å²) in [6.07, 6.45) is 6.68. The summed E-state index contributed by atoms with van der Waals surface area (Å²) in [7, 11) is 0. The van der Waals surface area contributed by atoms with E-state index in [-0.39, 0.29) is 11.3 Å². The van der Waals surface area contributed by atoms with E-state index in [1.54, 1.807) is 30.3 Å². The first-order chi connectivity index (χ1) is 49.5. The third kappa shape index (κ3) is 19.1. The van der Waals surface area contributed by atoms with Crippen LogP contribution in [-0.4, -0.2) is 31.2 Å². The summed E-state index contributed by atoms with van der Waals surface area (Å²) in [5.74, 6) is 4.22. The van der Waals surface area contributed by atoms with Crippen molar-refractivity contribution in [2.75, 3.05) is 19.8 Å². The lowest BCUT2D eigenvalue weighted by atomic mass is 10.0. The van der Waals surface area contributed by atoms with E-state index in [1.807, 2.05) is 176 Å². The fraction of sp³-hybridized carbons (Fsp3) is 0.152. The number of halogens is 9. The largest absolute Gasteiger partial charge is 0.507 e. The number of phenols is 1. The van der Waals surface area contributed by atoms with E-state index >= 15 is 0 Å². The predicted octanol–water partition coefficient (Wildman–Crippen LogP) is 23.4. The first kappa shape index (κ1) is 74.7. The van der Waals surface area contributed by atoms with E-state index in [9.17, 15) is 4.79 Å². The van der Waals surface area contributed by atoms with E-state index in [2.05, 4.69) is 51.8 Å². The molecular formula is C79H59Cl7I2O14. The zero-order valence-electron chi connectivity index (χ0n) is 53.5. The lowest BCUT2D eigenvalue weighted by molar-refractivity contribution is -0.228. The molecule has 102 heavy (non-hydrogen) atoms.